The third-order valence-electron chi connectivity index (χ3n) is 3.93. The highest BCUT2D eigenvalue weighted by molar-refractivity contribution is 6.30. The molecule has 1 aliphatic rings. The molecule has 3 heteroatoms. The molecule has 98 valence electrons. The minimum Gasteiger partial charge on any atom is -0.481 e. The SMILES string of the molecule is O=C(O)CCC1CCC(c2cccc(Cl)c2)CC1. The van der Waals surface area contributed by atoms with Crippen molar-refractivity contribution >= 4 is 17.6 Å². The van der Waals surface area contributed by atoms with Crippen molar-refractivity contribution in [3.05, 3.63) is 34.9 Å². The zero-order valence-electron chi connectivity index (χ0n) is 10.4. The highest BCUT2D eigenvalue weighted by Crippen LogP contribution is 2.37. The maximum absolute atomic E-state index is 10.6. The number of halogens is 1. The average molecular weight is 267 g/mol. The molecule has 0 amide bonds. The largest absolute Gasteiger partial charge is 0.481 e. The summed E-state index contributed by atoms with van der Waals surface area (Å²) in [6.45, 7) is 0. The summed E-state index contributed by atoms with van der Waals surface area (Å²) in [5, 5.41) is 9.50. The van der Waals surface area contributed by atoms with Crippen LogP contribution in [0, 0.1) is 5.92 Å². The summed E-state index contributed by atoms with van der Waals surface area (Å²) in [6.07, 6.45) is 5.74. The van der Waals surface area contributed by atoms with Gasteiger partial charge in [0, 0.05) is 11.4 Å². The first kappa shape index (κ1) is 13.4. The number of hydrogen-bond donors (Lipinski definition) is 1. The molecule has 0 heterocycles. The Labute approximate surface area is 113 Å². The van der Waals surface area contributed by atoms with Gasteiger partial charge in [-0.3, -0.25) is 4.79 Å². The number of carboxylic acid groups (broad SMARTS) is 1. The van der Waals surface area contributed by atoms with Crippen molar-refractivity contribution in [3.8, 4) is 0 Å². The Morgan fingerprint density at radius 3 is 2.61 bits per heavy atom. The van der Waals surface area contributed by atoms with Crippen LogP contribution in [-0.4, -0.2) is 11.1 Å². The van der Waals surface area contributed by atoms with E-state index in [1.54, 1.807) is 0 Å². The quantitative estimate of drug-likeness (QED) is 0.872. The molecule has 1 aromatic carbocycles. The fourth-order valence-electron chi connectivity index (χ4n) is 2.87. The fraction of sp³-hybridized carbons (Fsp3) is 0.533. The minimum absolute atomic E-state index is 0.312. The molecular formula is C15H19ClO2. The van der Waals surface area contributed by atoms with Crippen molar-refractivity contribution in [2.24, 2.45) is 5.92 Å². The summed E-state index contributed by atoms with van der Waals surface area (Å²) >= 11 is 6.01. The number of hydrogen-bond acceptors (Lipinski definition) is 1. The van der Waals surface area contributed by atoms with E-state index in [9.17, 15) is 4.79 Å². The molecule has 1 aliphatic carbocycles. The molecule has 1 aromatic rings. The van der Waals surface area contributed by atoms with Gasteiger partial charge in [-0.15, -0.1) is 0 Å². The minimum atomic E-state index is -0.674. The van der Waals surface area contributed by atoms with Crippen molar-refractivity contribution in [2.45, 2.75) is 44.4 Å². The van der Waals surface area contributed by atoms with Gasteiger partial charge in [-0.25, -0.2) is 0 Å². The lowest BCUT2D eigenvalue weighted by Crippen LogP contribution is -2.14. The molecule has 1 fully saturated rings. The molecule has 0 radical (unpaired) electrons. The second kappa shape index (κ2) is 6.24. The summed E-state index contributed by atoms with van der Waals surface area (Å²) in [5.41, 5.74) is 1.33. The van der Waals surface area contributed by atoms with Crippen LogP contribution in [0.5, 0.6) is 0 Å². The lowest BCUT2D eigenvalue weighted by molar-refractivity contribution is -0.137. The molecule has 0 unspecified atom stereocenters. The van der Waals surface area contributed by atoms with Crippen LogP contribution < -0.4 is 0 Å². The van der Waals surface area contributed by atoms with Crippen molar-refractivity contribution in [3.63, 3.8) is 0 Å². The predicted octanol–water partition coefficient (Wildman–Crippen LogP) is 4.48. The zero-order valence-corrected chi connectivity index (χ0v) is 11.2. The predicted molar refractivity (Wildman–Crippen MR) is 73.0 cm³/mol. The maximum Gasteiger partial charge on any atom is 0.303 e. The van der Waals surface area contributed by atoms with Gasteiger partial charge in [0.1, 0.15) is 0 Å². The number of benzene rings is 1. The molecule has 18 heavy (non-hydrogen) atoms. The Balaban J connectivity index is 1.85. The summed E-state index contributed by atoms with van der Waals surface area (Å²) < 4.78 is 0. The number of carboxylic acids is 1. The van der Waals surface area contributed by atoms with E-state index in [1.807, 2.05) is 12.1 Å². The van der Waals surface area contributed by atoms with Gasteiger partial charge < -0.3 is 5.11 Å². The van der Waals surface area contributed by atoms with E-state index in [4.69, 9.17) is 16.7 Å². The third kappa shape index (κ3) is 3.74. The Bertz CT molecular complexity index is 409. The second-order valence-electron chi connectivity index (χ2n) is 5.21. The molecule has 0 bridgehead atoms. The highest BCUT2D eigenvalue weighted by atomic mass is 35.5. The molecule has 0 saturated heterocycles. The van der Waals surface area contributed by atoms with Gasteiger partial charge in [-0.1, -0.05) is 23.7 Å². The molecule has 2 rings (SSSR count). The van der Waals surface area contributed by atoms with E-state index in [2.05, 4.69) is 12.1 Å². The van der Waals surface area contributed by atoms with Gasteiger partial charge in [0.15, 0.2) is 0 Å². The van der Waals surface area contributed by atoms with Gasteiger partial charge >= 0.3 is 5.97 Å². The summed E-state index contributed by atoms with van der Waals surface area (Å²) in [6, 6.07) is 8.12. The number of rotatable bonds is 4. The Hall–Kier alpha value is -1.02. The van der Waals surface area contributed by atoms with Crippen LogP contribution in [-0.2, 0) is 4.79 Å². The van der Waals surface area contributed by atoms with Crippen LogP contribution in [0.3, 0.4) is 0 Å². The number of aliphatic carboxylic acids is 1. The standard InChI is InChI=1S/C15H19ClO2/c16-14-3-1-2-13(10-14)12-7-4-11(5-8-12)6-9-15(17)18/h1-3,10-12H,4-9H2,(H,17,18). The van der Waals surface area contributed by atoms with Gasteiger partial charge in [0.2, 0.25) is 0 Å². The van der Waals surface area contributed by atoms with Crippen molar-refractivity contribution in [2.75, 3.05) is 0 Å². The maximum atomic E-state index is 10.6. The van der Waals surface area contributed by atoms with Gasteiger partial charge in [0.25, 0.3) is 0 Å². The summed E-state index contributed by atoms with van der Waals surface area (Å²) in [5.74, 6) is 0.522. The molecule has 1 N–H and O–H groups in total. The second-order valence-corrected chi connectivity index (χ2v) is 5.64. The first-order valence-electron chi connectivity index (χ1n) is 6.62. The van der Waals surface area contributed by atoms with E-state index in [1.165, 1.54) is 5.56 Å². The lowest BCUT2D eigenvalue weighted by atomic mass is 9.77. The fourth-order valence-corrected chi connectivity index (χ4v) is 3.07. The van der Waals surface area contributed by atoms with Crippen LogP contribution in [0.25, 0.3) is 0 Å². The zero-order chi connectivity index (χ0) is 13.0. The van der Waals surface area contributed by atoms with Crippen molar-refractivity contribution < 1.29 is 9.90 Å². The van der Waals surface area contributed by atoms with E-state index >= 15 is 0 Å². The van der Waals surface area contributed by atoms with Gasteiger partial charge in [0.05, 0.1) is 0 Å². The average Bonchev–Trinajstić information content (AvgIpc) is 2.37. The first-order valence-corrected chi connectivity index (χ1v) is 7.00. The van der Waals surface area contributed by atoms with E-state index < -0.39 is 5.97 Å². The van der Waals surface area contributed by atoms with Gasteiger partial charge in [-0.2, -0.15) is 0 Å². The molecule has 0 atom stereocenters. The Kier molecular flexibility index (Phi) is 4.65. The molecule has 1 saturated carbocycles. The lowest BCUT2D eigenvalue weighted by Gasteiger charge is -2.28. The van der Waals surface area contributed by atoms with E-state index in [-0.39, 0.29) is 0 Å². The highest BCUT2D eigenvalue weighted by Gasteiger charge is 2.22. The normalized spacial score (nSPS) is 23.8. The van der Waals surface area contributed by atoms with E-state index in [0.29, 0.717) is 18.3 Å². The van der Waals surface area contributed by atoms with Crippen LogP contribution >= 0.6 is 11.6 Å². The summed E-state index contributed by atoms with van der Waals surface area (Å²) in [4.78, 5) is 10.6. The van der Waals surface area contributed by atoms with Crippen LogP contribution in [0.1, 0.15) is 50.0 Å². The van der Waals surface area contributed by atoms with Gasteiger partial charge in [-0.05, 0) is 61.6 Å². The van der Waals surface area contributed by atoms with Crippen LogP contribution in [0.4, 0.5) is 0 Å². The first-order chi connectivity index (χ1) is 8.65. The Morgan fingerprint density at radius 2 is 2.00 bits per heavy atom. The molecule has 2 nitrogen and oxygen atoms in total. The molecule has 0 aromatic heterocycles. The Morgan fingerprint density at radius 1 is 1.28 bits per heavy atom. The smallest absolute Gasteiger partial charge is 0.303 e. The van der Waals surface area contributed by atoms with Crippen LogP contribution in [0.15, 0.2) is 24.3 Å². The topological polar surface area (TPSA) is 37.3 Å². The molecule has 0 spiro atoms. The van der Waals surface area contributed by atoms with Crippen LogP contribution in [0.2, 0.25) is 5.02 Å². The van der Waals surface area contributed by atoms with Crippen molar-refractivity contribution in [1.82, 2.24) is 0 Å². The van der Waals surface area contributed by atoms with E-state index in [0.717, 1.165) is 37.1 Å². The van der Waals surface area contributed by atoms with Crippen molar-refractivity contribution in [1.29, 1.82) is 0 Å². The molecule has 0 aliphatic heterocycles. The number of carbonyl (C=O) groups is 1. The summed E-state index contributed by atoms with van der Waals surface area (Å²) in [7, 11) is 0. The monoisotopic (exact) mass is 266 g/mol. The molecular weight excluding hydrogens is 248 g/mol. The third-order valence-corrected chi connectivity index (χ3v) is 4.17.